The molecule has 0 aromatic rings. The molecule has 0 amide bonds. The van der Waals surface area contributed by atoms with Crippen LogP contribution in [0.3, 0.4) is 0 Å². The van der Waals surface area contributed by atoms with Gasteiger partial charge in [-0.05, 0) is 18.9 Å². The van der Waals surface area contributed by atoms with Gasteiger partial charge in [-0.15, -0.1) is 0 Å². The largest absolute Gasteiger partial charge is 0.397 e. The lowest BCUT2D eigenvalue weighted by molar-refractivity contribution is 0.189. The van der Waals surface area contributed by atoms with Gasteiger partial charge in [0.2, 0.25) is 0 Å². The van der Waals surface area contributed by atoms with Gasteiger partial charge in [0.05, 0.1) is 0 Å². The summed E-state index contributed by atoms with van der Waals surface area (Å²) in [5.41, 5.74) is 0. The molecule has 0 radical (unpaired) electrons. The summed E-state index contributed by atoms with van der Waals surface area (Å²) in [5.74, 6) is 0. The highest BCUT2D eigenvalue weighted by Crippen LogP contribution is 2.05. The zero-order chi connectivity index (χ0) is 12.1. The fraction of sp³-hybridized carbons (Fsp3) is 1.00. The fourth-order valence-electron chi connectivity index (χ4n) is 1.58. The standard InChI is InChI=1S/C13H30O2Si/c1-4-7-9-11-14-16(13-6-3)15-12-10-8-5-2/h16H,4-13H2,1-3H3. The Morgan fingerprint density at radius 3 is 1.56 bits per heavy atom. The van der Waals surface area contributed by atoms with Crippen molar-refractivity contribution < 1.29 is 8.85 Å². The Hall–Kier alpha value is 0.137. The minimum absolute atomic E-state index is 0.915. The third-order valence-corrected chi connectivity index (χ3v) is 4.89. The highest BCUT2D eigenvalue weighted by Gasteiger charge is 2.11. The molecule has 98 valence electrons. The minimum atomic E-state index is -1.32. The molecule has 0 atom stereocenters. The van der Waals surface area contributed by atoms with E-state index in [1.807, 2.05) is 0 Å². The first kappa shape index (κ1) is 16.1. The molecule has 2 nitrogen and oxygen atoms in total. The maximum atomic E-state index is 5.88. The Morgan fingerprint density at radius 1 is 0.688 bits per heavy atom. The Kier molecular flexibility index (Phi) is 13.3. The van der Waals surface area contributed by atoms with Crippen molar-refractivity contribution in [2.24, 2.45) is 0 Å². The van der Waals surface area contributed by atoms with E-state index in [1.54, 1.807) is 0 Å². The van der Waals surface area contributed by atoms with Crippen LogP contribution in [0.25, 0.3) is 0 Å². The van der Waals surface area contributed by atoms with Crippen LogP contribution in [0.2, 0.25) is 6.04 Å². The summed E-state index contributed by atoms with van der Waals surface area (Å²) in [6.45, 7) is 8.49. The number of unbranched alkanes of at least 4 members (excludes halogenated alkanes) is 4. The maximum Gasteiger partial charge on any atom is 0.321 e. The van der Waals surface area contributed by atoms with E-state index in [-0.39, 0.29) is 0 Å². The van der Waals surface area contributed by atoms with Crippen molar-refractivity contribution in [3.63, 3.8) is 0 Å². The van der Waals surface area contributed by atoms with E-state index in [1.165, 1.54) is 44.9 Å². The van der Waals surface area contributed by atoms with E-state index >= 15 is 0 Å². The first-order chi connectivity index (χ1) is 7.85. The molecule has 0 spiro atoms. The molecule has 16 heavy (non-hydrogen) atoms. The van der Waals surface area contributed by atoms with Crippen LogP contribution in [0.15, 0.2) is 0 Å². The molecule has 0 saturated carbocycles. The molecule has 0 aliphatic carbocycles. The average Bonchev–Trinajstić information content (AvgIpc) is 2.30. The third-order valence-electron chi connectivity index (χ3n) is 2.63. The van der Waals surface area contributed by atoms with Crippen molar-refractivity contribution in [1.29, 1.82) is 0 Å². The van der Waals surface area contributed by atoms with Crippen LogP contribution < -0.4 is 0 Å². The van der Waals surface area contributed by atoms with Crippen LogP contribution in [-0.4, -0.2) is 22.5 Å². The molecule has 0 fully saturated rings. The van der Waals surface area contributed by atoms with Crippen LogP contribution in [0.4, 0.5) is 0 Å². The summed E-state index contributed by atoms with van der Waals surface area (Å²) in [4.78, 5) is 0. The van der Waals surface area contributed by atoms with E-state index in [0.29, 0.717) is 0 Å². The van der Waals surface area contributed by atoms with Gasteiger partial charge in [-0.2, -0.15) is 0 Å². The van der Waals surface area contributed by atoms with Crippen molar-refractivity contribution in [2.45, 2.75) is 71.8 Å². The van der Waals surface area contributed by atoms with Crippen LogP contribution >= 0.6 is 0 Å². The maximum absolute atomic E-state index is 5.88. The van der Waals surface area contributed by atoms with Crippen LogP contribution in [-0.2, 0) is 8.85 Å². The molecular weight excluding hydrogens is 216 g/mol. The Labute approximate surface area is 104 Å². The van der Waals surface area contributed by atoms with Crippen LogP contribution in [0, 0.1) is 0 Å². The topological polar surface area (TPSA) is 18.5 Å². The quantitative estimate of drug-likeness (QED) is 0.382. The lowest BCUT2D eigenvalue weighted by Gasteiger charge is -2.16. The Balaban J connectivity index is 3.45. The van der Waals surface area contributed by atoms with E-state index in [0.717, 1.165) is 19.3 Å². The molecule has 3 heteroatoms. The average molecular weight is 246 g/mol. The summed E-state index contributed by atoms with van der Waals surface area (Å²) in [6, 6.07) is 1.16. The SMILES string of the molecule is CCCCCO[SiH](CCC)OCCCCC. The third kappa shape index (κ3) is 10.6. The Bertz CT molecular complexity index is 119. The highest BCUT2D eigenvalue weighted by atomic mass is 28.3. The fourth-order valence-corrected chi connectivity index (χ4v) is 3.34. The van der Waals surface area contributed by atoms with E-state index in [4.69, 9.17) is 8.85 Å². The molecule has 0 aromatic heterocycles. The number of hydrogen-bond acceptors (Lipinski definition) is 2. The molecular formula is C13H30O2Si. The van der Waals surface area contributed by atoms with Gasteiger partial charge in [-0.1, -0.05) is 52.9 Å². The van der Waals surface area contributed by atoms with Crippen molar-refractivity contribution in [2.75, 3.05) is 13.2 Å². The monoisotopic (exact) mass is 246 g/mol. The second-order valence-electron chi connectivity index (χ2n) is 4.37. The summed E-state index contributed by atoms with van der Waals surface area (Å²) in [5, 5.41) is 0. The van der Waals surface area contributed by atoms with Crippen molar-refractivity contribution in [3.05, 3.63) is 0 Å². The van der Waals surface area contributed by atoms with E-state index in [2.05, 4.69) is 20.8 Å². The predicted molar refractivity (Wildman–Crippen MR) is 73.2 cm³/mol. The van der Waals surface area contributed by atoms with Gasteiger partial charge in [-0.25, -0.2) is 0 Å². The molecule has 0 bridgehead atoms. The van der Waals surface area contributed by atoms with Crippen LogP contribution in [0.5, 0.6) is 0 Å². The van der Waals surface area contributed by atoms with E-state index in [9.17, 15) is 0 Å². The Morgan fingerprint density at radius 2 is 1.19 bits per heavy atom. The van der Waals surface area contributed by atoms with E-state index < -0.39 is 9.28 Å². The van der Waals surface area contributed by atoms with Gasteiger partial charge < -0.3 is 8.85 Å². The predicted octanol–water partition coefficient (Wildman–Crippen LogP) is 4.03. The first-order valence-electron chi connectivity index (χ1n) is 7.08. The smallest absolute Gasteiger partial charge is 0.321 e. The lowest BCUT2D eigenvalue weighted by Crippen LogP contribution is -2.23. The highest BCUT2D eigenvalue weighted by molar-refractivity contribution is 6.44. The summed E-state index contributed by atoms with van der Waals surface area (Å²) in [6.07, 6.45) is 8.68. The normalized spacial score (nSPS) is 11.2. The summed E-state index contributed by atoms with van der Waals surface area (Å²) < 4.78 is 11.8. The lowest BCUT2D eigenvalue weighted by atomic mass is 10.3. The zero-order valence-corrected chi connectivity index (χ0v) is 12.6. The van der Waals surface area contributed by atoms with Gasteiger partial charge in [0, 0.05) is 13.2 Å². The number of hydrogen-bond donors (Lipinski definition) is 0. The van der Waals surface area contributed by atoms with Gasteiger partial charge in [0.1, 0.15) is 0 Å². The molecule has 0 unspecified atom stereocenters. The molecule has 0 heterocycles. The first-order valence-corrected chi connectivity index (χ1v) is 8.84. The van der Waals surface area contributed by atoms with Gasteiger partial charge in [-0.3, -0.25) is 0 Å². The molecule has 0 rings (SSSR count). The second kappa shape index (κ2) is 13.2. The van der Waals surface area contributed by atoms with Gasteiger partial charge in [0.25, 0.3) is 0 Å². The molecule has 0 aromatic carbocycles. The zero-order valence-electron chi connectivity index (χ0n) is 11.5. The van der Waals surface area contributed by atoms with Gasteiger partial charge in [0.15, 0.2) is 0 Å². The summed E-state index contributed by atoms with van der Waals surface area (Å²) >= 11 is 0. The number of rotatable bonds is 12. The van der Waals surface area contributed by atoms with Crippen molar-refractivity contribution >= 4 is 9.28 Å². The summed E-state index contributed by atoms with van der Waals surface area (Å²) in [7, 11) is -1.32. The van der Waals surface area contributed by atoms with Crippen molar-refractivity contribution in [1.82, 2.24) is 0 Å². The molecule has 0 aliphatic rings. The van der Waals surface area contributed by atoms with Gasteiger partial charge >= 0.3 is 9.28 Å². The van der Waals surface area contributed by atoms with Crippen molar-refractivity contribution in [3.8, 4) is 0 Å². The molecule has 0 N–H and O–H groups in total. The second-order valence-corrected chi connectivity index (χ2v) is 6.48. The minimum Gasteiger partial charge on any atom is -0.397 e. The van der Waals surface area contributed by atoms with Crippen LogP contribution in [0.1, 0.15) is 65.7 Å². The molecule has 0 aliphatic heterocycles. The molecule has 0 saturated heterocycles.